The van der Waals surface area contributed by atoms with E-state index in [4.69, 9.17) is 28.3 Å². The number of nitrogens with one attached hydrogen (secondary N) is 18. The average Bonchev–Trinajstić information content (AvgIpc) is 1.18. The van der Waals surface area contributed by atoms with E-state index < -0.39 is 254 Å². The molecule has 0 fully saturated rings. The number of amides is 16. The molecule has 730 valence electrons. The van der Waals surface area contributed by atoms with Crippen molar-refractivity contribution in [3.05, 3.63) is 77.9 Å². The van der Waals surface area contributed by atoms with Crippen molar-refractivity contribution < 1.29 is 122 Å². The summed E-state index contributed by atoms with van der Waals surface area (Å²) in [7, 11) is 0. The first-order valence-electron chi connectivity index (χ1n) is 42.9. The number of carboxylic acids is 1. The average molecular weight is 1850 g/mol. The zero-order valence-corrected chi connectivity index (χ0v) is 75.1. The Morgan fingerprint density at radius 3 is 1.19 bits per heavy atom. The number of hydrogen-bond donors (Lipinski definition) is 30. The van der Waals surface area contributed by atoms with Gasteiger partial charge < -0.3 is 154 Å². The third-order valence-corrected chi connectivity index (χ3v) is 20.4. The fraction of sp³-hybridized carbons (Fsp3) is 0.602. The maximum Gasteiger partial charge on any atom is 0.326 e. The van der Waals surface area contributed by atoms with Crippen LogP contribution in [0.1, 0.15) is 150 Å². The minimum absolute atomic E-state index is 0.0374. The maximum atomic E-state index is 14.6. The number of aliphatic hydroxyl groups excluding tert-OH is 5. The number of benzene rings is 2. The maximum absolute atomic E-state index is 14.6. The van der Waals surface area contributed by atoms with Gasteiger partial charge in [0, 0.05) is 37.7 Å². The number of aliphatic hydroxyl groups is 5. The van der Waals surface area contributed by atoms with Gasteiger partial charge in [0.15, 0.2) is 5.96 Å². The van der Waals surface area contributed by atoms with Crippen molar-refractivity contribution in [3.63, 3.8) is 0 Å². The second-order valence-electron chi connectivity index (χ2n) is 33.1. The van der Waals surface area contributed by atoms with Crippen LogP contribution in [0.4, 0.5) is 0 Å². The molecule has 3 rings (SSSR count). The van der Waals surface area contributed by atoms with Crippen molar-refractivity contribution in [3.8, 4) is 11.5 Å². The van der Waals surface area contributed by atoms with Gasteiger partial charge in [0.2, 0.25) is 94.5 Å². The molecule has 0 bridgehead atoms. The lowest BCUT2D eigenvalue weighted by molar-refractivity contribution is -0.142. The van der Waals surface area contributed by atoms with Gasteiger partial charge in [-0.25, -0.2) is 9.78 Å². The number of nitrogens with two attached hydrogens (primary N) is 4. The highest BCUT2D eigenvalue weighted by Gasteiger charge is 2.41. The van der Waals surface area contributed by atoms with Crippen LogP contribution >= 0.6 is 0 Å². The monoisotopic (exact) mass is 1850 g/mol. The normalized spacial score (nSPS) is 15.4. The fourth-order valence-electron chi connectivity index (χ4n) is 13.0. The van der Waals surface area contributed by atoms with Crippen LogP contribution in [0.3, 0.4) is 0 Å². The van der Waals surface area contributed by atoms with Crippen molar-refractivity contribution in [2.24, 2.45) is 46.6 Å². The van der Waals surface area contributed by atoms with E-state index in [1.807, 2.05) is 0 Å². The second-order valence-corrected chi connectivity index (χ2v) is 33.1. The molecule has 3 aromatic rings. The first kappa shape index (κ1) is 112. The largest absolute Gasteiger partial charge is 0.508 e. The molecule has 48 heteroatoms. The number of aromatic amines is 1. The number of hydrogen-bond acceptors (Lipinski definition) is 28. The number of primary amides is 1. The van der Waals surface area contributed by atoms with E-state index in [9.17, 15) is 122 Å². The van der Waals surface area contributed by atoms with Gasteiger partial charge in [-0.2, -0.15) is 0 Å². The predicted octanol–water partition coefficient (Wildman–Crippen LogP) is -8.65. The molecule has 2 aromatic carbocycles. The minimum Gasteiger partial charge on any atom is -0.508 e. The quantitative estimate of drug-likeness (QED) is 0.0142. The number of nitrogens with zero attached hydrogens (tertiary/aromatic N) is 1. The van der Waals surface area contributed by atoms with Crippen molar-refractivity contribution >= 4 is 106 Å². The van der Waals surface area contributed by atoms with Crippen molar-refractivity contribution in [1.29, 1.82) is 5.41 Å². The van der Waals surface area contributed by atoms with Gasteiger partial charge in [-0.1, -0.05) is 86.1 Å². The Labute approximate surface area is 757 Å². The van der Waals surface area contributed by atoms with Crippen molar-refractivity contribution in [2.45, 2.75) is 256 Å². The molecule has 0 saturated heterocycles. The van der Waals surface area contributed by atoms with Gasteiger partial charge in [-0.05, 0) is 131 Å². The smallest absolute Gasteiger partial charge is 0.326 e. The first-order chi connectivity index (χ1) is 61.6. The van der Waals surface area contributed by atoms with E-state index in [0.29, 0.717) is 17.5 Å². The molecule has 1 aromatic heterocycles. The highest BCUT2D eigenvalue weighted by molar-refractivity contribution is 6.01. The van der Waals surface area contributed by atoms with Crippen LogP contribution in [-0.2, 0) is 101 Å². The number of imidazole rings is 1. The van der Waals surface area contributed by atoms with Gasteiger partial charge >= 0.3 is 5.97 Å². The van der Waals surface area contributed by atoms with Crippen LogP contribution in [0.2, 0.25) is 0 Å². The number of H-pyrrole nitrogens is 1. The molecule has 1 heterocycles. The van der Waals surface area contributed by atoms with Gasteiger partial charge in [-0.15, -0.1) is 0 Å². The Morgan fingerprint density at radius 2 is 0.786 bits per heavy atom. The molecule has 16 amide bonds. The third kappa shape index (κ3) is 40.8. The molecule has 0 aliphatic rings. The Bertz CT molecular complexity index is 4280. The lowest BCUT2D eigenvalue weighted by atomic mass is 9.97. The SMILES string of the molecule is CC[C@H](C)[C@H](NC(=O)CNC(=O)[C@H](CC(N)=O)NC(=O)[C@H](CO)NC(=O)[C@H](Cc1cnc[nH]1)NC(=O)[C@H](CC(C)C)NC(=O)[C@H](CC(C)C)NC(=O)[C@H](CO)NC(=O)[C@H](CCCCN)NC(=O)[C@@H](NC(=O)[C@H](CO)NC(=O)[C@@H](N)CCCNC(=N)N)[C@@H](C)O)C(=O)N[C@H](C(=O)N[C@@H](Cc1ccc(O)cc1)C(=O)N[C@@H](CC(C)C)C(=O)N[C@@H](Cc1ccc(O)cc1)C(=O)O)[C@@H](C)O. The van der Waals surface area contributed by atoms with Gasteiger partial charge in [0.1, 0.15) is 96.1 Å². The summed E-state index contributed by atoms with van der Waals surface area (Å²) in [5, 5.41) is 129. The number of phenolic OH excluding ortho intramolecular Hbond substituents is 2. The number of aliphatic carboxylic acids is 1. The predicted molar refractivity (Wildman–Crippen MR) is 470 cm³/mol. The standard InChI is InChI=1S/C83H133N23O25/c1-11-43(8)65(79(127)106-67(45(10)111)81(129)99-56(30-46-17-21-49(112)22-18-46)74(122)95-55(29-42(6)7)73(121)100-59(82(130)131)31-47-19-23-50(113)24-20-47)104-64(115)35-91-69(117)58(33-63(86)114)98-77(125)61(37-108)103-75(123)57(32-48-34-89-39-92-48)97-72(120)53(27-40(2)3)94-71(119)54(28-41(4)5)96-76(124)60(36-107)102-70(118)52(16-12-13-25-84)93-80(128)66(44(9)110)105-78(126)62(38-109)101-68(116)51(85)15-14-26-90-83(87)88/h17-24,34,39-45,51-62,65-67,107-113H,11-16,25-33,35-38,84-85H2,1-10H3,(H2,86,114)(H,89,92)(H,91,117)(H,93,128)(H,94,119)(H,95,122)(H,96,124)(H,97,120)(H,98,125)(H,99,129)(H,100,121)(H,101,116)(H,102,118)(H,103,123)(H,104,115)(H,105,126)(H,106,127)(H,130,131)(H4,87,88,90)/t43-,44+,45+,51-,52-,53-,54-,55-,56-,57-,58-,59-,60-,61-,62-,65-,66-,67-/m0/s1. The van der Waals surface area contributed by atoms with Gasteiger partial charge in [0.25, 0.3) is 0 Å². The molecule has 0 aliphatic carbocycles. The Kier molecular flexibility index (Phi) is 49.2. The Hall–Kier alpha value is -12.8. The summed E-state index contributed by atoms with van der Waals surface area (Å²) >= 11 is 0. The number of aromatic hydroxyl groups is 2. The molecule has 48 nitrogen and oxygen atoms in total. The molecule has 0 radical (unpaired) electrons. The first-order valence-corrected chi connectivity index (χ1v) is 42.9. The molecule has 0 unspecified atom stereocenters. The molecule has 131 heavy (non-hydrogen) atoms. The van der Waals surface area contributed by atoms with Gasteiger partial charge in [-0.3, -0.25) is 82.1 Å². The van der Waals surface area contributed by atoms with Crippen LogP contribution in [0.25, 0.3) is 0 Å². The summed E-state index contributed by atoms with van der Waals surface area (Å²) in [5.74, 6) is -21.3. The molecular formula is C83H133N23O25. The number of phenols is 2. The number of guanidine groups is 1. The summed E-state index contributed by atoms with van der Waals surface area (Å²) in [6, 6.07) is -13.7. The highest BCUT2D eigenvalue weighted by Crippen LogP contribution is 2.19. The van der Waals surface area contributed by atoms with Crippen LogP contribution in [0.15, 0.2) is 61.1 Å². The van der Waals surface area contributed by atoms with Gasteiger partial charge in [0.05, 0.1) is 57.4 Å². The summed E-state index contributed by atoms with van der Waals surface area (Å²) in [4.78, 5) is 242. The topological polar surface area (TPSA) is 801 Å². The molecule has 0 spiro atoms. The summed E-state index contributed by atoms with van der Waals surface area (Å²) in [6.45, 7) is 11.6. The van der Waals surface area contributed by atoms with E-state index in [2.05, 4.69) is 95.0 Å². The summed E-state index contributed by atoms with van der Waals surface area (Å²) in [6.07, 6.45) is -2.27. The zero-order valence-electron chi connectivity index (χ0n) is 75.1. The van der Waals surface area contributed by atoms with E-state index in [0.717, 1.165) is 13.8 Å². The summed E-state index contributed by atoms with van der Waals surface area (Å²) < 4.78 is 0. The van der Waals surface area contributed by atoms with E-state index in [1.54, 1.807) is 48.5 Å². The van der Waals surface area contributed by atoms with Crippen LogP contribution in [0.5, 0.6) is 11.5 Å². The molecule has 34 N–H and O–H groups in total. The molecule has 0 saturated carbocycles. The van der Waals surface area contributed by atoms with Crippen LogP contribution < -0.4 is 108 Å². The number of carbonyl (C=O) groups excluding carboxylic acids is 16. The summed E-state index contributed by atoms with van der Waals surface area (Å²) in [5.41, 5.74) is 23.4. The number of unbranched alkanes of at least 4 members (excludes halogenated alkanes) is 1. The van der Waals surface area contributed by atoms with E-state index in [1.165, 1.54) is 68.0 Å². The number of rotatable bonds is 60. The number of carbonyl (C=O) groups is 17. The molecule has 18 atom stereocenters. The zero-order chi connectivity index (χ0) is 98.6. The lowest BCUT2D eigenvalue weighted by Crippen LogP contribution is -2.62. The second kappa shape index (κ2) is 57.3. The number of carboxylic acid groups (broad SMARTS) is 1. The van der Waals surface area contributed by atoms with E-state index in [-0.39, 0.29) is 112 Å². The lowest BCUT2D eigenvalue weighted by Gasteiger charge is -2.29. The van der Waals surface area contributed by atoms with E-state index >= 15 is 0 Å². The molecule has 0 aliphatic heterocycles. The van der Waals surface area contributed by atoms with Crippen LogP contribution in [-0.4, -0.2) is 300 Å². The highest BCUT2D eigenvalue weighted by atomic mass is 16.4. The third-order valence-electron chi connectivity index (χ3n) is 20.4. The Morgan fingerprint density at radius 1 is 0.420 bits per heavy atom. The van der Waals surface area contributed by atoms with Crippen molar-refractivity contribution in [1.82, 2.24) is 95.0 Å². The fourth-order valence-corrected chi connectivity index (χ4v) is 13.0. The van der Waals surface area contributed by atoms with Crippen LogP contribution in [0, 0.1) is 29.1 Å². The Balaban J connectivity index is 1.83. The van der Waals surface area contributed by atoms with Crippen molar-refractivity contribution in [2.75, 3.05) is 39.5 Å². The minimum atomic E-state index is -1.99. The number of aromatic nitrogens is 2. The molecular weight excluding hydrogens is 1720 g/mol.